The summed E-state index contributed by atoms with van der Waals surface area (Å²) in [6.07, 6.45) is -1.79. The van der Waals surface area contributed by atoms with Gasteiger partial charge < -0.3 is 25.4 Å². The number of rotatable bonds is 2. The van der Waals surface area contributed by atoms with E-state index in [-0.39, 0.29) is 0 Å². The largest absolute Gasteiger partial charge is 0.490 e. The third kappa shape index (κ3) is 4.56. The number of carbonyl (C=O) groups is 2. The SMILES string of the molecule is O=C(O)C(F)(F)F.O=C(O)[C@@H]1CN(c2ncnc3[nH]ccc23)CCN1. The first kappa shape index (κ1) is 18.4. The molecule has 0 unspecified atom stereocenters. The standard InChI is InChI=1S/C11H13N5O2.C2HF3O2/c17-11(18)8-5-16(4-3-12-8)10-7-1-2-13-9(7)14-6-15-10;3-2(4,5)1(6)7/h1-2,6,8,12H,3-5H2,(H,17,18)(H,13,14,15);(H,6,7)/t8-;/m0./s1. The molecule has 0 amide bonds. The van der Waals surface area contributed by atoms with Gasteiger partial charge in [-0.1, -0.05) is 0 Å². The highest BCUT2D eigenvalue weighted by Crippen LogP contribution is 2.22. The van der Waals surface area contributed by atoms with Crippen molar-refractivity contribution in [2.45, 2.75) is 12.2 Å². The first-order valence-electron chi connectivity index (χ1n) is 6.99. The van der Waals surface area contributed by atoms with Crippen LogP contribution in [0, 0.1) is 0 Å². The summed E-state index contributed by atoms with van der Waals surface area (Å²) in [5.41, 5.74) is 0.769. The van der Waals surface area contributed by atoms with Crippen LogP contribution < -0.4 is 10.2 Å². The number of halogens is 3. The molecule has 4 N–H and O–H groups in total. The molecule has 1 fully saturated rings. The highest BCUT2D eigenvalue weighted by atomic mass is 19.4. The van der Waals surface area contributed by atoms with E-state index in [0.717, 1.165) is 23.4 Å². The average molecular weight is 361 g/mol. The molecule has 0 aromatic carbocycles. The van der Waals surface area contributed by atoms with Crippen molar-refractivity contribution in [1.82, 2.24) is 20.3 Å². The minimum atomic E-state index is -5.08. The van der Waals surface area contributed by atoms with E-state index in [2.05, 4.69) is 20.3 Å². The van der Waals surface area contributed by atoms with Gasteiger partial charge >= 0.3 is 18.1 Å². The van der Waals surface area contributed by atoms with Crippen LogP contribution in [0.2, 0.25) is 0 Å². The molecule has 25 heavy (non-hydrogen) atoms. The summed E-state index contributed by atoms with van der Waals surface area (Å²) in [6, 6.07) is 1.35. The van der Waals surface area contributed by atoms with Crippen molar-refractivity contribution in [3.05, 3.63) is 18.6 Å². The smallest absolute Gasteiger partial charge is 0.480 e. The van der Waals surface area contributed by atoms with E-state index in [4.69, 9.17) is 15.0 Å². The number of hydrogen-bond donors (Lipinski definition) is 4. The van der Waals surface area contributed by atoms with Crippen LogP contribution >= 0.6 is 0 Å². The number of aliphatic carboxylic acids is 2. The van der Waals surface area contributed by atoms with Gasteiger partial charge in [0.05, 0.1) is 5.39 Å². The van der Waals surface area contributed by atoms with Gasteiger partial charge in [-0.05, 0) is 6.07 Å². The maximum Gasteiger partial charge on any atom is 0.490 e. The maximum absolute atomic E-state index is 11.0. The summed E-state index contributed by atoms with van der Waals surface area (Å²) in [7, 11) is 0. The van der Waals surface area contributed by atoms with Crippen molar-refractivity contribution in [2.24, 2.45) is 0 Å². The van der Waals surface area contributed by atoms with Crippen molar-refractivity contribution in [3.63, 3.8) is 0 Å². The third-order valence-electron chi connectivity index (χ3n) is 3.35. The second kappa shape index (κ2) is 7.34. The Bertz CT molecular complexity index is 763. The highest BCUT2D eigenvalue weighted by molar-refractivity contribution is 5.87. The molecular formula is C13H14F3N5O4. The number of hydrogen-bond acceptors (Lipinski definition) is 6. The van der Waals surface area contributed by atoms with E-state index in [1.165, 1.54) is 6.33 Å². The number of carboxylic acids is 2. The lowest BCUT2D eigenvalue weighted by Gasteiger charge is -2.32. The van der Waals surface area contributed by atoms with Crippen molar-refractivity contribution in [3.8, 4) is 0 Å². The fourth-order valence-corrected chi connectivity index (χ4v) is 2.22. The quantitative estimate of drug-likeness (QED) is 0.606. The summed E-state index contributed by atoms with van der Waals surface area (Å²) in [4.78, 5) is 33.3. The van der Waals surface area contributed by atoms with Gasteiger partial charge in [-0.25, -0.2) is 14.8 Å². The molecule has 0 radical (unpaired) electrons. The normalized spacial score (nSPS) is 17.7. The van der Waals surface area contributed by atoms with Gasteiger partial charge in [0.2, 0.25) is 0 Å². The van der Waals surface area contributed by atoms with Crippen LogP contribution in [0.25, 0.3) is 11.0 Å². The summed E-state index contributed by atoms with van der Waals surface area (Å²) >= 11 is 0. The summed E-state index contributed by atoms with van der Waals surface area (Å²) < 4.78 is 31.7. The zero-order valence-electron chi connectivity index (χ0n) is 12.6. The fraction of sp³-hybridized carbons (Fsp3) is 0.385. The van der Waals surface area contributed by atoms with Gasteiger partial charge in [0.1, 0.15) is 23.8 Å². The number of aromatic amines is 1. The van der Waals surface area contributed by atoms with E-state index in [1.807, 2.05) is 11.0 Å². The third-order valence-corrected chi connectivity index (χ3v) is 3.35. The zero-order chi connectivity index (χ0) is 18.6. The number of nitrogens with one attached hydrogen (secondary N) is 2. The van der Waals surface area contributed by atoms with Crippen LogP contribution in [0.1, 0.15) is 0 Å². The Balaban J connectivity index is 0.000000277. The van der Waals surface area contributed by atoms with E-state index in [9.17, 15) is 18.0 Å². The molecule has 0 spiro atoms. The fourth-order valence-electron chi connectivity index (χ4n) is 2.22. The second-order valence-electron chi connectivity index (χ2n) is 5.03. The Morgan fingerprint density at radius 1 is 1.28 bits per heavy atom. The number of aromatic nitrogens is 3. The Labute approximate surface area is 138 Å². The first-order valence-corrected chi connectivity index (χ1v) is 6.99. The predicted molar refractivity (Wildman–Crippen MR) is 79.2 cm³/mol. The molecule has 9 nitrogen and oxygen atoms in total. The minimum Gasteiger partial charge on any atom is -0.480 e. The number of piperazine rings is 1. The Morgan fingerprint density at radius 2 is 1.96 bits per heavy atom. The molecule has 1 saturated heterocycles. The predicted octanol–water partition coefficient (Wildman–Crippen LogP) is 0.454. The Morgan fingerprint density at radius 3 is 2.56 bits per heavy atom. The molecule has 0 bridgehead atoms. The molecule has 0 aliphatic carbocycles. The van der Waals surface area contributed by atoms with Gasteiger partial charge in [0.25, 0.3) is 0 Å². The summed E-state index contributed by atoms with van der Waals surface area (Å²) in [5, 5.41) is 20.1. The van der Waals surface area contributed by atoms with Gasteiger partial charge in [-0.3, -0.25) is 4.79 Å². The van der Waals surface area contributed by atoms with Gasteiger partial charge in [-0.15, -0.1) is 0 Å². The summed E-state index contributed by atoms with van der Waals surface area (Å²) in [5.74, 6) is -2.81. The molecular weight excluding hydrogens is 347 g/mol. The monoisotopic (exact) mass is 361 g/mol. The maximum atomic E-state index is 11.0. The second-order valence-corrected chi connectivity index (χ2v) is 5.03. The van der Waals surface area contributed by atoms with Crippen LogP contribution in [-0.2, 0) is 9.59 Å². The Kier molecular flexibility index (Phi) is 5.41. The zero-order valence-corrected chi connectivity index (χ0v) is 12.6. The van der Waals surface area contributed by atoms with E-state index < -0.39 is 24.2 Å². The van der Waals surface area contributed by atoms with Crippen molar-refractivity contribution >= 4 is 28.8 Å². The number of fused-ring (bicyclic) bond motifs is 1. The molecule has 3 rings (SSSR count). The van der Waals surface area contributed by atoms with Crippen LogP contribution in [0.15, 0.2) is 18.6 Å². The lowest BCUT2D eigenvalue weighted by molar-refractivity contribution is -0.192. The molecule has 1 atom stereocenters. The molecule has 2 aromatic heterocycles. The summed E-state index contributed by atoms with van der Waals surface area (Å²) in [6.45, 7) is 1.78. The molecule has 1 aliphatic heterocycles. The lowest BCUT2D eigenvalue weighted by Crippen LogP contribution is -2.54. The highest BCUT2D eigenvalue weighted by Gasteiger charge is 2.38. The first-order chi connectivity index (χ1) is 11.7. The van der Waals surface area contributed by atoms with Crippen molar-refractivity contribution in [2.75, 3.05) is 24.5 Å². The molecule has 3 heterocycles. The average Bonchev–Trinajstić information content (AvgIpc) is 3.03. The van der Waals surface area contributed by atoms with Crippen LogP contribution in [-0.4, -0.2) is 69.0 Å². The Hall–Kier alpha value is -2.89. The topological polar surface area (TPSA) is 131 Å². The van der Waals surface area contributed by atoms with Gasteiger partial charge in [0.15, 0.2) is 0 Å². The van der Waals surface area contributed by atoms with Crippen LogP contribution in [0.4, 0.5) is 19.0 Å². The molecule has 1 aliphatic rings. The van der Waals surface area contributed by atoms with E-state index in [1.54, 1.807) is 6.20 Å². The number of alkyl halides is 3. The number of anilines is 1. The molecule has 12 heteroatoms. The lowest BCUT2D eigenvalue weighted by atomic mass is 10.2. The van der Waals surface area contributed by atoms with Crippen molar-refractivity contribution in [1.29, 1.82) is 0 Å². The van der Waals surface area contributed by atoms with Crippen LogP contribution in [0.5, 0.6) is 0 Å². The van der Waals surface area contributed by atoms with Gasteiger partial charge in [-0.2, -0.15) is 13.2 Å². The minimum absolute atomic E-state index is 0.409. The number of nitrogens with zero attached hydrogens (tertiary/aromatic N) is 3. The van der Waals surface area contributed by atoms with E-state index >= 15 is 0 Å². The van der Waals surface area contributed by atoms with E-state index in [0.29, 0.717) is 13.1 Å². The molecule has 136 valence electrons. The number of H-pyrrole nitrogens is 1. The molecule has 2 aromatic rings. The van der Waals surface area contributed by atoms with Crippen LogP contribution in [0.3, 0.4) is 0 Å². The molecule has 0 saturated carbocycles. The van der Waals surface area contributed by atoms with Crippen molar-refractivity contribution < 1.29 is 33.0 Å². The number of carboxylic acid groups (broad SMARTS) is 2. The van der Waals surface area contributed by atoms with Gasteiger partial charge in [0, 0.05) is 25.8 Å².